The van der Waals surface area contributed by atoms with Crippen molar-refractivity contribution in [3.8, 4) is 11.5 Å². The Kier molecular flexibility index (Phi) is 9.62. The highest BCUT2D eigenvalue weighted by Gasteiger charge is 2.30. The summed E-state index contributed by atoms with van der Waals surface area (Å²) in [5.41, 5.74) is 2.31. The molecule has 0 bridgehead atoms. The third-order valence-electron chi connectivity index (χ3n) is 5.23. The molecule has 0 unspecified atom stereocenters. The van der Waals surface area contributed by atoms with E-state index in [1.165, 1.54) is 43.0 Å². The van der Waals surface area contributed by atoms with Gasteiger partial charge in [0.05, 0.1) is 4.91 Å². The zero-order valence-corrected chi connectivity index (χ0v) is 20.5. The van der Waals surface area contributed by atoms with Crippen LogP contribution in [0, 0.1) is 0 Å². The quantitative estimate of drug-likeness (QED) is 0.202. The summed E-state index contributed by atoms with van der Waals surface area (Å²) >= 11 is 6.60. The van der Waals surface area contributed by atoms with Crippen LogP contribution < -0.4 is 9.47 Å². The van der Waals surface area contributed by atoms with Gasteiger partial charge >= 0.3 is 0 Å². The minimum Gasteiger partial charge on any atom is -0.490 e. The van der Waals surface area contributed by atoms with E-state index in [9.17, 15) is 4.79 Å². The van der Waals surface area contributed by atoms with Crippen molar-refractivity contribution >= 4 is 40.3 Å². The minimum atomic E-state index is -0.0236. The molecule has 1 aliphatic heterocycles. The summed E-state index contributed by atoms with van der Waals surface area (Å²) in [4.78, 5) is 14.6. The molecule has 170 valence electrons. The molecule has 0 aromatic heterocycles. The summed E-state index contributed by atoms with van der Waals surface area (Å²) in [5.74, 6) is 1.62. The molecular weight excluding hydrogens is 438 g/mol. The lowest BCUT2D eigenvalue weighted by Gasteiger charge is -2.10. The normalized spacial score (nSPS) is 14.9. The van der Waals surface area contributed by atoms with Crippen LogP contribution in [0.15, 0.2) is 53.4 Å². The van der Waals surface area contributed by atoms with Gasteiger partial charge in [0.2, 0.25) is 0 Å². The predicted molar refractivity (Wildman–Crippen MR) is 137 cm³/mol. The SMILES string of the molecule is CCCCCCc1ccc(OCCOc2ccc(C=C3SC(=S)N(CC)C3=O)cc2)cc1. The number of carbonyl (C=O) groups excluding carboxylic acids is 1. The first kappa shape index (κ1) is 24.3. The van der Waals surface area contributed by atoms with Crippen LogP contribution in [-0.2, 0) is 11.2 Å². The van der Waals surface area contributed by atoms with Crippen molar-refractivity contribution in [2.75, 3.05) is 19.8 Å². The van der Waals surface area contributed by atoms with Crippen molar-refractivity contribution in [3.63, 3.8) is 0 Å². The van der Waals surface area contributed by atoms with Crippen LogP contribution in [0.5, 0.6) is 11.5 Å². The lowest BCUT2D eigenvalue weighted by atomic mass is 10.1. The Morgan fingerprint density at radius 1 is 0.906 bits per heavy atom. The van der Waals surface area contributed by atoms with E-state index in [0.29, 0.717) is 29.0 Å². The second kappa shape index (κ2) is 12.7. The van der Waals surface area contributed by atoms with Crippen LogP contribution in [0.25, 0.3) is 6.08 Å². The van der Waals surface area contributed by atoms with Gasteiger partial charge in [-0.15, -0.1) is 0 Å². The van der Waals surface area contributed by atoms with Crippen LogP contribution in [0.4, 0.5) is 0 Å². The molecule has 1 aliphatic rings. The monoisotopic (exact) mass is 469 g/mol. The number of thiocarbonyl (C=S) groups is 1. The number of rotatable bonds is 12. The highest BCUT2D eigenvalue weighted by Crippen LogP contribution is 2.32. The number of aryl methyl sites for hydroxylation is 1. The van der Waals surface area contributed by atoms with Crippen molar-refractivity contribution in [2.24, 2.45) is 0 Å². The molecule has 2 aromatic carbocycles. The number of nitrogens with zero attached hydrogens (tertiary/aromatic N) is 1. The van der Waals surface area contributed by atoms with Gasteiger partial charge in [-0.1, -0.05) is 74.4 Å². The van der Waals surface area contributed by atoms with Gasteiger partial charge in [0.25, 0.3) is 5.91 Å². The molecule has 2 aromatic rings. The van der Waals surface area contributed by atoms with Gasteiger partial charge < -0.3 is 9.47 Å². The number of likely N-dealkylation sites (N-methyl/N-ethyl adjacent to an activating group) is 1. The van der Waals surface area contributed by atoms with Crippen LogP contribution in [-0.4, -0.2) is 34.9 Å². The molecule has 4 nitrogen and oxygen atoms in total. The fraction of sp³-hybridized carbons (Fsp3) is 0.385. The van der Waals surface area contributed by atoms with Crippen LogP contribution in [0.2, 0.25) is 0 Å². The zero-order chi connectivity index (χ0) is 22.8. The average molecular weight is 470 g/mol. The first-order valence-electron chi connectivity index (χ1n) is 11.3. The summed E-state index contributed by atoms with van der Waals surface area (Å²) in [5, 5.41) is 0. The number of ether oxygens (including phenoxy) is 2. The number of hydrogen-bond donors (Lipinski definition) is 0. The summed E-state index contributed by atoms with van der Waals surface area (Å²) in [6.07, 6.45) is 8.13. The molecule has 1 heterocycles. The maximum absolute atomic E-state index is 12.3. The Balaban J connectivity index is 1.40. The van der Waals surface area contributed by atoms with Gasteiger partial charge in [0.1, 0.15) is 29.0 Å². The Hall–Kier alpha value is -2.31. The molecule has 0 saturated carbocycles. The van der Waals surface area contributed by atoms with Crippen molar-refractivity contribution in [2.45, 2.75) is 46.0 Å². The summed E-state index contributed by atoms with van der Waals surface area (Å²) in [6, 6.07) is 16.0. The van der Waals surface area contributed by atoms with Crippen molar-refractivity contribution < 1.29 is 14.3 Å². The summed E-state index contributed by atoms with van der Waals surface area (Å²) in [6.45, 7) is 5.71. The molecule has 3 rings (SSSR count). The topological polar surface area (TPSA) is 38.8 Å². The number of benzene rings is 2. The number of hydrogen-bond acceptors (Lipinski definition) is 5. The Morgan fingerprint density at radius 2 is 1.53 bits per heavy atom. The number of amides is 1. The molecule has 1 amide bonds. The van der Waals surface area contributed by atoms with E-state index >= 15 is 0 Å². The first-order chi connectivity index (χ1) is 15.6. The molecule has 1 saturated heterocycles. The summed E-state index contributed by atoms with van der Waals surface area (Å²) in [7, 11) is 0. The predicted octanol–water partition coefficient (Wildman–Crippen LogP) is 6.49. The Morgan fingerprint density at radius 3 is 2.09 bits per heavy atom. The van der Waals surface area contributed by atoms with Gasteiger partial charge in [0.15, 0.2) is 0 Å². The van der Waals surface area contributed by atoms with E-state index in [4.69, 9.17) is 21.7 Å². The molecule has 6 heteroatoms. The number of carbonyl (C=O) groups is 1. The maximum Gasteiger partial charge on any atom is 0.266 e. The van der Waals surface area contributed by atoms with Gasteiger partial charge in [-0.2, -0.15) is 0 Å². The Bertz CT molecular complexity index is 923. The van der Waals surface area contributed by atoms with Crippen molar-refractivity contribution in [3.05, 3.63) is 64.6 Å². The first-order valence-corrected chi connectivity index (χ1v) is 12.5. The number of thioether (sulfide) groups is 1. The third kappa shape index (κ3) is 7.10. The van der Waals surface area contributed by atoms with E-state index in [-0.39, 0.29) is 5.91 Å². The average Bonchev–Trinajstić information content (AvgIpc) is 3.08. The lowest BCUT2D eigenvalue weighted by Crippen LogP contribution is -2.27. The third-order valence-corrected chi connectivity index (χ3v) is 6.61. The fourth-order valence-corrected chi connectivity index (χ4v) is 4.80. The second-order valence-electron chi connectivity index (χ2n) is 7.65. The standard InChI is InChI=1S/C26H31NO3S2/c1-3-5-6-7-8-20-9-13-22(14-10-20)29-17-18-30-23-15-11-21(12-16-23)19-24-25(28)27(4-2)26(31)32-24/h9-16,19H,3-8,17-18H2,1-2H3. The van der Waals surface area contributed by atoms with Gasteiger partial charge in [-0.3, -0.25) is 9.69 Å². The highest BCUT2D eigenvalue weighted by molar-refractivity contribution is 8.26. The molecule has 0 radical (unpaired) electrons. The van der Waals surface area contributed by atoms with Gasteiger partial charge in [-0.05, 0) is 61.2 Å². The Labute approximate surface area is 201 Å². The van der Waals surface area contributed by atoms with Crippen LogP contribution >= 0.6 is 24.0 Å². The van der Waals surface area contributed by atoms with E-state index in [2.05, 4.69) is 19.1 Å². The maximum atomic E-state index is 12.3. The van der Waals surface area contributed by atoms with Gasteiger partial charge in [0, 0.05) is 6.54 Å². The minimum absolute atomic E-state index is 0.0236. The molecule has 0 spiro atoms. The van der Waals surface area contributed by atoms with Crippen LogP contribution in [0.1, 0.15) is 50.7 Å². The largest absolute Gasteiger partial charge is 0.490 e. The molecule has 0 N–H and O–H groups in total. The van der Waals surface area contributed by atoms with E-state index in [0.717, 1.165) is 23.5 Å². The lowest BCUT2D eigenvalue weighted by molar-refractivity contribution is -0.121. The van der Waals surface area contributed by atoms with Gasteiger partial charge in [-0.25, -0.2) is 0 Å². The fourth-order valence-electron chi connectivity index (χ4n) is 3.41. The van der Waals surface area contributed by atoms with Crippen molar-refractivity contribution in [1.82, 2.24) is 4.90 Å². The summed E-state index contributed by atoms with van der Waals surface area (Å²) < 4.78 is 12.2. The van der Waals surface area contributed by atoms with E-state index < -0.39 is 0 Å². The molecule has 1 fully saturated rings. The highest BCUT2D eigenvalue weighted by atomic mass is 32.2. The van der Waals surface area contributed by atoms with E-state index in [1.54, 1.807) is 4.90 Å². The number of unbranched alkanes of at least 4 members (excludes halogenated alkanes) is 3. The van der Waals surface area contributed by atoms with E-state index in [1.807, 2.05) is 49.4 Å². The zero-order valence-electron chi connectivity index (χ0n) is 18.8. The smallest absolute Gasteiger partial charge is 0.266 e. The molecular formula is C26H31NO3S2. The second-order valence-corrected chi connectivity index (χ2v) is 9.32. The molecule has 0 atom stereocenters. The molecule has 0 aliphatic carbocycles. The van der Waals surface area contributed by atoms with Crippen LogP contribution in [0.3, 0.4) is 0 Å². The van der Waals surface area contributed by atoms with Crippen molar-refractivity contribution in [1.29, 1.82) is 0 Å². The molecule has 32 heavy (non-hydrogen) atoms.